The van der Waals surface area contributed by atoms with Gasteiger partial charge in [-0.2, -0.15) is 0 Å². The van der Waals surface area contributed by atoms with Gasteiger partial charge in [0, 0.05) is 26.2 Å². The molecular weight excluding hydrogens is 358 g/mol. The van der Waals surface area contributed by atoms with Gasteiger partial charge in [0.25, 0.3) is 11.8 Å². The first-order chi connectivity index (χ1) is 13.6. The van der Waals surface area contributed by atoms with E-state index in [1.165, 1.54) is 4.90 Å². The third-order valence-corrected chi connectivity index (χ3v) is 5.24. The molecule has 0 saturated carbocycles. The summed E-state index contributed by atoms with van der Waals surface area (Å²) in [4.78, 5) is 32.0. The second kappa shape index (κ2) is 7.52. The van der Waals surface area contributed by atoms with Gasteiger partial charge in [-0.25, -0.2) is 0 Å². The summed E-state index contributed by atoms with van der Waals surface area (Å²) in [5, 5.41) is 0. The number of hydrogen-bond donors (Lipinski definition) is 0. The van der Waals surface area contributed by atoms with Crippen molar-refractivity contribution in [3.05, 3.63) is 59.7 Å². The van der Waals surface area contributed by atoms with Gasteiger partial charge in [-0.1, -0.05) is 12.1 Å². The Morgan fingerprint density at radius 2 is 1.71 bits per heavy atom. The molecule has 1 saturated heterocycles. The standard InChI is InChI=1S/C21H23N3O4/c1-22-9-11-23(12-10-22)19-18(15-5-7-16(27-2)8-6-15)20(25)24(21(19)26)14-17-4-3-13-28-17/h3-8,13H,9-12,14H2,1-2H3. The van der Waals surface area contributed by atoms with Crippen LogP contribution in [0.2, 0.25) is 0 Å². The Kier molecular flexibility index (Phi) is 4.92. The number of nitrogens with zero attached hydrogens (tertiary/aromatic N) is 3. The first-order valence-corrected chi connectivity index (χ1v) is 9.29. The van der Waals surface area contributed by atoms with Gasteiger partial charge in [0.05, 0.1) is 25.5 Å². The molecule has 3 heterocycles. The van der Waals surface area contributed by atoms with Crippen molar-refractivity contribution < 1.29 is 18.7 Å². The van der Waals surface area contributed by atoms with Crippen LogP contribution >= 0.6 is 0 Å². The van der Waals surface area contributed by atoms with E-state index in [4.69, 9.17) is 9.15 Å². The molecule has 4 rings (SSSR count). The lowest BCUT2D eigenvalue weighted by Gasteiger charge is -2.34. The van der Waals surface area contributed by atoms with E-state index in [-0.39, 0.29) is 18.4 Å². The molecule has 0 bridgehead atoms. The van der Waals surface area contributed by atoms with Crippen LogP contribution in [-0.2, 0) is 16.1 Å². The van der Waals surface area contributed by atoms with E-state index in [0.29, 0.717) is 35.9 Å². The minimum absolute atomic E-state index is 0.127. The van der Waals surface area contributed by atoms with Crippen LogP contribution < -0.4 is 4.74 Å². The molecule has 1 aromatic heterocycles. The van der Waals surface area contributed by atoms with Crippen LogP contribution in [-0.4, -0.2) is 66.9 Å². The number of rotatable bonds is 5. The molecule has 0 aliphatic carbocycles. The molecular formula is C21H23N3O4. The quantitative estimate of drug-likeness (QED) is 0.736. The summed E-state index contributed by atoms with van der Waals surface area (Å²) in [5.41, 5.74) is 1.65. The highest BCUT2D eigenvalue weighted by molar-refractivity contribution is 6.35. The van der Waals surface area contributed by atoms with Crippen LogP contribution in [0.25, 0.3) is 5.57 Å². The maximum atomic E-state index is 13.3. The lowest BCUT2D eigenvalue weighted by molar-refractivity contribution is -0.138. The van der Waals surface area contributed by atoms with Gasteiger partial charge in [-0.05, 0) is 36.9 Å². The van der Waals surface area contributed by atoms with E-state index >= 15 is 0 Å². The molecule has 28 heavy (non-hydrogen) atoms. The van der Waals surface area contributed by atoms with E-state index < -0.39 is 0 Å². The highest BCUT2D eigenvalue weighted by atomic mass is 16.5. The summed E-state index contributed by atoms with van der Waals surface area (Å²) in [6.07, 6.45) is 1.54. The molecule has 0 radical (unpaired) electrons. The number of methoxy groups -OCH3 is 1. The lowest BCUT2D eigenvalue weighted by Crippen LogP contribution is -2.45. The van der Waals surface area contributed by atoms with Crippen molar-refractivity contribution in [2.75, 3.05) is 40.3 Å². The van der Waals surface area contributed by atoms with Crippen LogP contribution in [0.1, 0.15) is 11.3 Å². The van der Waals surface area contributed by atoms with Crippen LogP contribution in [0.5, 0.6) is 5.75 Å². The van der Waals surface area contributed by atoms with Crippen molar-refractivity contribution in [2.45, 2.75) is 6.54 Å². The van der Waals surface area contributed by atoms with Gasteiger partial charge in [0.1, 0.15) is 17.2 Å². The molecule has 7 heteroatoms. The molecule has 0 unspecified atom stereocenters. The molecule has 7 nitrogen and oxygen atoms in total. The highest BCUT2D eigenvalue weighted by Gasteiger charge is 2.42. The third-order valence-electron chi connectivity index (χ3n) is 5.24. The number of hydrogen-bond acceptors (Lipinski definition) is 6. The average Bonchev–Trinajstić information content (AvgIpc) is 3.31. The zero-order chi connectivity index (χ0) is 19.7. The SMILES string of the molecule is COc1ccc(C2=C(N3CCN(C)CC3)C(=O)N(Cc3ccco3)C2=O)cc1. The topological polar surface area (TPSA) is 66.2 Å². The van der Waals surface area contributed by atoms with Crippen LogP contribution in [0.4, 0.5) is 0 Å². The maximum absolute atomic E-state index is 13.3. The van der Waals surface area contributed by atoms with E-state index in [1.54, 1.807) is 37.6 Å². The van der Waals surface area contributed by atoms with E-state index in [0.717, 1.165) is 18.7 Å². The average molecular weight is 381 g/mol. The molecule has 1 aromatic carbocycles. The summed E-state index contributed by atoms with van der Waals surface area (Å²) in [7, 11) is 3.65. The number of carbonyl (C=O) groups excluding carboxylic acids is 2. The number of piperazine rings is 1. The molecule has 2 aliphatic rings. The number of carbonyl (C=O) groups is 2. The zero-order valence-corrected chi connectivity index (χ0v) is 16.1. The monoisotopic (exact) mass is 381 g/mol. The Bertz CT molecular complexity index is 894. The number of likely N-dealkylation sites (N-methyl/N-ethyl adjacent to an activating group) is 1. The Balaban J connectivity index is 1.72. The van der Waals surface area contributed by atoms with Gasteiger partial charge < -0.3 is 19.0 Å². The summed E-state index contributed by atoms with van der Waals surface area (Å²) in [5.74, 6) is 0.724. The van der Waals surface area contributed by atoms with Crippen molar-refractivity contribution in [2.24, 2.45) is 0 Å². The Labute approximate surface area is 163 Å². The summed E-state index contributed by atoms with van der Waals surface area (Å²) >= 11 is 0. The molecule has 146 valence electrons. The Morgan fingerprint density at radius 1 is 1.00 bits per heavy atom. The lowest BCUT2D eigenvalue weighted by atomic mass is 10.0. The smallest absolute Gasteiger partial charge is 0.278 e. The Hall–Kier alpha value is -3.06. The normalized spacial score (nSPS) is 18.4. The van der Waals surface area contributed by atoms with Crippen molar-refractivity contribution >= 4 is 17.4 Å². The zero-order valence-electron chi connectivity index (χ0n) is 16.1. The maximum Gasteiger partial charge on any atom is 0.278 e. The third kappa shape index (κ3) is 3.29. The molecule has 1 fully saturated rings. The molecule has 2 amide bonds. The van der Waals surface area contributed by atoms with Gasteiger partial charge >= 0.3 is 0 Å². The molecule has 0 spiro atoms. The van der Waals surface area contributed by atoms with Gasteiger partial charge in [-0.3, -0.25) is 14.5 Å². The fourth-order valence-corrected chi connectivity index (χ4v) is 3.61. The predicted octanol–water partition coefficient (Wildman–Crippen LogP) is 1.82. The fourth-order valence-electron chi connectivity index (χ4n) is 3.61. The molecule has 2 aliphatic heterocycles. The molecule has 0 atom stereocenters. The van der Waals surface area contributed by atoms with Crippen molar-refractivity contribution in [3.63, 3.8) is 0 Å². The summed E-state index contributed by atoms with van der Waals surface area (Å²) < 4.78 is 10.6. The molecule has 2 aromatic rings. The number of benzene rings is 1. The number of furan rings is 1. The minimum Gasteiger partial charge on any atom is -0.497 e. The van der Waals surface area contributed by atoms with Crippen molar-refractivity contribution in [3.8, 4) is 5.75 Å². The van der Waals surface area contributed by atoms with Crippen LogP contribution in [0.15, 0.2) is 52.8 Å². The van der Waals surface area contributed by atoms with Gasteiger partial charge in [0.2, 0.25) is 0 Å². The largest absolute Gasteiger partial charge is 0.497 e. The van der Waals surface area contributed by atoms with Gasteiger partial charge in [-0.15, -0.1) is 0 Å². The second-order valence-electron chi connectivity index (χ2n) is 7.02. The summed E-state index contributed by atoms with van der Waals surface area (Å²) in [6, 6.07) is 10.8. The van der Waals surface area contributed by atoms with Crippen LogP contribution in [0, 0.1) is 0 Å². The number of ether oxygens (including phenoxy) is 1. The number of imide groups is 1. The van der Waals surface area contributed by atoms with Crippen molar-refractivity contribution in [1.29, 1.82) is 0 Å². The van der Waals surface area contributed by atoms with Crippen molar-refractivity contribution in [1.82, 2.24) is 14.7 Å². The Morgan fingerprint density at radius 3 is 2.32 bits per heavy atom. The minimum atomic E-state index is -0.291. The number of amides is 2. The van der Waals surface area contributed by atoms with E-state index in [1.807, 2.05) is 17.0 Å². The predicted molar refractivity (Wildman–Crippen MR) is 103 cm³/mol. The first kappa shape index (κ1) is 18.3. The van der Waals surface area contributed by atoms with E-state index in [9.17, 15) is 9.59 Å². The molecule has 0 N–H and O–H groups in total. The highest BCUT2D eigenvalue weighted by Crippen LogP contribution is 2.33. The van der Waals surface area contributed by atoms with Crippen LogP contribution in [0.3, 0.4) is 0 Å². The van der Waals surface area contributed by atoms with Gasteiger partial charge in [0.15, 0.2) is 0 Å². The second-order valence-corrected chi connectivity index (χ2v) is 7.02. The van der Waals surface area contributed by atoms with E-state index in [2.05, 4.69) is 11.9 Å². The first-order valence-electron chi connectivity index (χ1n) is 9.29. The fraction of sp³-hybridized carbons (Fsp3) is 0.333. The summed E-state index contributed by atoms with van der Waals surface area (Å²) in [6.45, 7) is 3.23.